The van der Waals surface area contributed by atoms with Gasteiger partial charge in [0, 0.05) is 12.8 Å². The summed E-state index contributed by atoms with van der Waals surface area (Å²) in [6, 6.07) is 0. The molecule has 1 heterocycles. The maximum atomic E-state index is 11.5. The molecule has 0 aliphatic heterocycles. The number of nitrogens with zero attached hydrogens (tertiary/aromatic N) is 3. The zero-order valence-corrected chi connectivity index (χ0v) is 11.6. The summed E-state index contributed by atoms with van der Waals surface area (Å²) in [6.45, 7) is 7.21. The molecule has 0 aliphatic carbocycles. The van der Waals surface area contributed by atoms with Crippen LogP contribution in [0.5, 0.6) is 0 Å². The third-order valence-electron chi connectivity index (χ3n) is 2.77. The van der Waals surface area contributed by atoms with Crippen LogP contribution in [0.4, 0.5) is 5.95 Å². The van der Waals surface area contributed by atoms with Crippen molar-refractivity contribution in [2.24, 2.45) is 0 Å². The van der Waals surface area contributed by atoms with E-state index < -0.39 is 14.6 Å². The molecular weight excluding hydrogens is 240 g/mol. The molecule has 17 heavy (non-hydrogen) atoms. The molecule has 0 radical (unpaired) electrons. The van der Waals surface area contributed by atoms with Crippen LogP contribution < -0.4 is 5.32 Å². The van der Waals surface area contributed by atoms with Crippen LogP contribution in [0.15, 0.2) is 0 Å². The molecule has 1 N–H and O–H groups in total. The van der Waals surface area contributed by atoms with E-state index in [2.05, 4.69) is 20.5 Å². The van der Waals surface area contributed by atoms with E-state index in [0.29, 0.717) is 5.95 Å². The van der Waals surface area contributed by atoms with Crippen molar-refractivity contribution in [3.63, 3.8) is 0 Å². The first-order valence-corrected chi connectivity index (χ1v) is 7.14. The molecule has 0 amide bonds. The Hall–Kier alpha value is -1.24. The Morgan fingerprint density at radius 3 is 2.24 bits per heavy atom. The minimum absolute atomic E-state index is 0.246. The van der Waals surface area contributed by atoms with Gasteiger partial charge in [-0.3, -0.25) is 0 Å². The van der Waals surface area contributed by atoms with Gasteiger partial charge >= 0.3 is 0 Å². The molecule has 0 aliphatic rings. The van der Waals surface area contributed by atoms with Gasteiger partial charge in [0.2, 0.25) is 5.95 Å². The van der Waals surface area contributed by atoms with E-state index in [1.54, 1.807) is 13.8 Å². The quantitative estimate of drug-likeness (QED) is 0.856. The molecule has 0 unspecified atom stereocenters. The summed E-state index contributed by atoms with van der Waals surface area (Å²) in [4.78, 5) is 4.18. The van der Waals surface area contributed by atoms with Crippen molar-refractivity contribution in [1.82, 2.24) is 15.2 Å². The number of aromatic nitrogens is 3. The summed E-state index contributed by atoms with van der Waals surface area (Å²) in [6.07, 6.45) is 1.22. The molecule has 0 bridgehead atoms. The minimum atomic E-state index is -3.13. The van der Waals surface area contributed by atoms with Crippen molar-refractivity contribution in [2.45, 2.75) is 32.4 Å². The van der Waals surface area contributed by atoms with Crippen molar-refractivity contribution in [1.29, 1.82) is 0 Å². The zero-order chi connectivity index (χ0) is 13.3. The number of rotatable bonds is 4. The normalized spacial score (nSPS) is 12.5. The molecule has 0 fully saturated rings. The molecule has 0 spiro atoms. The van der Waals surface area contributed by atoms with Gasteiger partial charge in [0.15, 0.2) is 9.84 Å². The standard InChI is InChI=1S/C10H18N4O2S/c1-7-8(2)13-14-9(12-7)11-6-10(3,4)17(5,15)16/h6H2,1-5H3,(H,11,12,14). The molecule has 7 heteroatoms. The summed E-state index contributed by atoms with van der Waals surface area (Å²) in [5.41, 5.74) is 1.54. The number of hydrogen-bond acceptors (Lipinski definition) is 6. The monoisotopic (exact) mass is 258 g/mol. The van der Waals surface area contributed by atoms with Crippen LogP contribution in [0, 0.1) is 13.8 Å². The van der Waals surface area contributed by atoms with Crippen molar-refractivity contribution in [2.75, 3.05) is 18.1 Å². The van der Waals surface area contributed by atoms with Crippen molar-refractivity contribution in [3.8, 4) is 0 Å². The molecule has 0 saturated carbocycles. The smallest absolute Gasteiger partial charge is 0.243 e. The fourth-order valence-electron chi connectivity index (χ4n) is 0.955. The van der Waals surface area contributed by atoms with E-state index in [0.717, 1.165) is 11.4 Å². The molecule has 1 aromatic heterocycles. The fraction of sp³-hybridized carbons (Fsp3) is 0.700. The summed E-state index contributed by atoms with van der Waals surface area (Å²) >= 11 is 0. The highest BCUT2D eigenvalue weighted by Gasteiger charge is 2.30. The number of sulfone groups is 1. The first kappa shape index (κ1) is 13.8. The van der Waals surface area contributed by atoms with Gasteiger partial charge in [0.05, 0.1) is 16.1 Å². The molecule has 6 nitrogen and oxygen atoms in total. The second-order valence-corrected chi connectivity index (χ2v) is 7.34. The Morgan fingerprint density at radius 2 is 1.76 bits per heavy atom. The van der Waals surface area contributed by atoms with Crippen molar-refractivity contribution < 1.29 is 8.42 Å². The van der Waals surface area contributed by atoms with E-state index in [9.17, 15) is 8.42 Å². The number of nitrogens with one attached hydrogen (secondary N) is 1. The average molecular weight is 258 g/mol. The first-order chi connectivity index (χ1) is 7.63. The Kier molecular flexibility index (Phi) is 3.71. The van der Waals surface area contributed by atoms with Gasteiger partial charge in [-0.05, 0) is 27.7 Å². The maximum Gasteiger partial charge on any atom is 0.243 e. The van der Waals surface area contributed by atoms with E-state index in [1.807, 2.05) is 13.8 Å². The van der Waals surface area contributed by atoms with E-state index in [-0.39, 0.29) is 6.54 Å². The average Bonchev–Trinajstić information content (AvgIpc) is 2.18. The predicted molar refractivity (Wildman–Crippen MR) is 66.7 cm³/mol. The minimum Gasteiger partial charge on any atom is -0.351 e. The SMILES string of the molecule is Cc1nnc(NCC(C)(C)S(C)(=O)=O)nc1C. The number of aryl methyl sites for hydroxylation is 2. The van der Waals surface area contributed by atoms with Gasteiger partial charge in [-0.1, -0.05) is 0 Å². The van der Waals surface area contributed by atoms with Gasteiger partial charge in [-0.15, -0.1) is 5.10 Å². The summed E-state index contributed by atoms with van der Waals surface area (Å²) < 4.78 is 22.1. The molecule has 0 atom stereocenters. The molecule has 1 rings (SSSR count). The van der Waals surface area contributed by atoms with E-state index >= 15 is 0 Å². The molecule has 96 valence electrons. The first-order valence-electron chi connectivity index (χ1n) is 5.25. The zero-order valence-electron chi connectivity index (χ0n) is 10.8. The second kappa shape index (κ2) is 4.56. The highest BCUT2D eigenvalue weighted by molar-refractivity contribution is 7.92. The van der Waals surface area contributed by atoms with Crippen LogP contribution in [-0.2, 0) is 9.84 Å². The molecular formula is C10H18N4O2S. The van der Waals surface area contributed by atoms with Crippen LogP contribution in [0.25, 0.3) is 0 Å². The Labute approximate surface area is 102 Å². The van der Waals surface area contributed by atoms with E-state index in [4.69, 9.17) is 0 Å². The Balaban J connectivity index is 2.78. The lowest BCUT2D eigenvalue weighted by Gasteiger charge is -2.22. The summed E-state index contributed by atoms with van der Waals surface area (Å²) in [5, 5.41) is 10.7. The van der Waals surface area contributed by atoms with Crippen LogP contribution in [-0.4, -0.2) is 41.1 Å². The van der Waals surface area contributed by atoms with Crippen molar-refractivity contribution in [3.05, 3.63) is 11.4 Å². The molecule has 0 aromatic carbocycles. The highest BCUT2D eigenvalue weighted by atomic mass is 32.2. The highest BCUT2D eigenvalue weighted by Crippen LogP contribution is 2.15. The topological polar surface area (TPSA) is 84.8 Å². The predicted octanol–water partition coefficient (Wildman–Crippen LogP) is 0.724. The largest absolute Gasteiger partial charge is 0.351 e. The second-order valence-electron chi connectivity index (χ2n) is 4.69. The summed E-state index contributed by atoms with van der Waals surface area (Å²) in [5.74, 6) is 0.352. The molecule has 1 aromatic rings. The lowest BCUT2D eigenvalue weighted by Crippen LogP contribution is -2.38. The number of hydrogen-bond donors (Lipinski definition) is 1. The third-order valence-corrected chi connectivity index (χ3v) is 4.92. The van der Waals surface area contributed by atoms with Crippen LogP contribution in [0.2, 0.25) is 0 Å². The summed E-state index contributed by atoms with van der Waals surface area (Å²) in [7, 11) is -3.13. The maximum absolute atomic E-state index is 11.5. The Morgan fingerprint density at radius 1 is 1.18 bits per heavy atom. The molecule has 0 saturated heterocycles. The van der Waals surface area contributed by atoms with E-state index in [1.165, 1.54) is 6.26 Å². The number of anilines is 1. The van der Waals surface area contributed by atoms with Gasteiger partial charge in [0.1, 0.15) is 0 Å². The van der Waals surface area contributed by atoms with Gasteiger partial charge in [-0.25, -0.2) is 13.4 Å². The Bertz CT molecular complexity index is 511. The van der Waals surface area contributed by atoms with Crippen LogP contribution in [0.3, 0.4) is 0 Å². The van der Waals surface area contributed by atoms with Gasteiger partial charge in [-0.2, -0.15) is 5.10 Å². The fourth-order valence-corrected chi connectivity index (χ4v) is 1.29. The van der Waals surface area contributed by atoms with Gasteiger partial charge in [0.25, 0.3) is 0 Å². The van der Waals surface area contributed by atoms with Crippen LogP contribution in [0.1, 0.15) is 25.2 Å². The van der Waals surface area contributed by atoms with Crippen molar-refractivity contribution >= 4 is 15.8 Å². The van der Waals surface area contributed by atoms with Gasteiger partial charge < -0.3 is 5.32 Å². The van der Waals surface area contributed by atoms with Crippen LogP contribution >= 0.6 is 0 Å². The lowest BCUT2D eigenvalue weighted by atomic mass is 10.2. The third kappa shape index (κ3) is 3.36. The lowest BCUT2D eigenvalue weighted by molar-refractivity contribution is 0.559.